The highest BCUT2D eigenvalue weighted by Crippen LogP contribution is 2.40. The van der Waals surface area contributed by atoms with E-state index in [0.29, 0.717) is 5.89 Å². The Morgan fingerprint density at radius 2 is 2.27 bits per heavy atom. The molecule has 1 N–H and O–H groups in total. The fraction of sp³-hybridized carbons (Fsp3) is 0.636. The minimum Gasteiger partial charge on any atom is -0.481 e. The SMILES string of the molecule is CC1(c2cnc(CC(=O)O)o2)CCCC1. The van der Waals surface area contributed by atoms with Gasteiger partial charge >= 0.3 is 5.97 Å². The molecule has 2 rings (SSSR count). The van der Waals surface area contributed by atoms with E-state index >= 15 is 0 Å². The van der Waals surface area contributed by atoms with E-state index in [1.165, 1.54) is 12.8 Å². The van der Waals surface area contributed by atoms with Gasteiger partial charge in [0.05, 0.1) is 6.20 Å². The third-order valence-electron chi connectivity index (χ3n) is 3.16. The molecule has 0 aliphatic heterocycles. The molecule has 15 heavy (non-hydrogen) atoms. The number of hydrogen-bond acceptors (Lipinski definition) is 3. The molecular weight excluding hydrogens is 194 g/mol. The molecule has 1 aliphatic carbocycles. The average molecular weight is 209 g/mol. The van der Waals surface area contributed by atoms with Crippen molar-refractivity contribution >= 4 is 5.97 Å². The number of aromatic nitrogens is 1. The van der Waals surface area contributed by atoms with E-state index in [1.54, 1.807) is 6.20 Å². The van der Waals surface area contributed by atoms with Gasteiger partial charge in [-0.1, -0.05) is 19.8 Å². The predicted molar refractivity (Wildman–Crippen MR) is 53.7 cm³/mol. The molecule has 4 heteroatoms. The van der Waals surface area contributed by atoms with Crippen LogP contribution >= 0.6 is 0 Å². The predicted octanol–water partition coefficient (Wildman–Crippen LogP) is 2.13. The molecule has 1 heterocycles. The van der Waals surface area contributed by atoms with Crippen molar-refractivity contribution in [1.29, 1.82) is 0 Å². The van der Waals surface area contributed by atoms with Crippen LogP contribution in [0.25, 0.3) is 0 Å². The maximum absolute atomic E-state index is 10.5. The molecular formula is C11H15NO3. The van der Waals surface area contributed by atoms with Crippen molar-refractivity contribution in [2.45, 2.75) is 44.4 Å². The van der Waals surface area contributed by atoms with Gasteiger partial charge in [-0.3, -0.25) is 4.79 Å². The lowest BCUT2D eigenvalue weighted by Gasteiger charge is -2.19. The number of hydrogen-bond donors (Lipinski definition) is 1. The molecule has 0 spiro atoms. The van der Waals surface area contributed by atoms with Gasteiger partial charge in [0, 0.05) is 5.41 Å². The molecule has 0 atom stereocenters. The second-order valence-electron chi connectivity index (χ2n) is 4.46. The Hall–Kier alpha value is -1.32. The van der Waals surface area contributed by atoms with Gasteiger partial charge in [0.15, 0.2) is 0 Å². The van der Waals surface area contributed by atoms with Crippen molar-refractivity contribution in [1.82, 2.24) is 4.98 Å². The van der Waals surface area contributed by atoms with Crippen molar-refractivity contribution in [3.63, 3.8) is 0 Å². The van der Waals surface area contributed by atoms with E-state index in [9.17, 15) is 4.79 Å². The van der Waals surface area contributed by atoms with Gasteiger partial charge in [-0.2, -0.15) is 0 Å². The third kappa shape index (κ3) is 2.03. The van der Waals surface area contributed by atoms with Crippen LogP contribution in [0, 0.1) is 0 Å². The molecule has 1 aromatic heterocycles. The van der Waals surface area contributed by atoms with E-state index in [1.807, 2.05) is 0 Å². The quantitative estimate of drug-likeness (QED) is 0.828. The Balaban J connectivity index is 2.15. The summed E-state index contributed by atoms with van der Waals surface area (Å²) in [6.07, 6.45) is 6.19. The van der Waals surface area contributed by atoms with E-state index in [-0.39, 0.29) is 11.8 Å². The average Bonchev–Trinajstić information content (AvgIpc) is 2.74. The van der Waals surface area contributed by atoms with Gasteiger partial charge < -0.3 is 9.52 Å². The first-order valence-electron chi connectivity index (χ1n) is 5.27. The standard InChI is InChI=1S/C11H15NO3/c1-11(4-2-3-5-11)8-7-12-9(15-8)6-10(13)14/h7H,2-6H2,1H3,(H,13,14). The van der Waals surface area contributed by atoms with Crippen LogP contribution < -0.4 is 0 Å². The summed E-state index contributed by atoms with van der Waals surface area (Å²) < 4.78 is 5.49. The van der Waals surface area contributed by atoms with E-state index in [2.05, 4.69) is 11.9 Å². The molecule has 1 fully saturated rings. The lowest BCUT2D eigenvalue weighted by Crippen LogP contribution is -2.15. The highest BCUT2D eigenvalue weighted by Gasteiger charge is 2.34. The fourth-order valence-corrected chi connectivity index (χ4v) is 2.20. The summed E-state index contributed by atoms with van der Waals surface area (Å²) in [5.41, 5.74) is 0.0732. The van der Waals surface area contributed by atoms with Crippen molar-refractivity contribution in [2.24, 2.45) is 0 Å². The Morgan fingerprint density at radius 3 is 2.87 bits per heavy atom. The second-order valence-corrected chi connectivity index (χ2v) is 4.46. The number of carboxylic acids is 1. The van der Waals surface area contributed by atoms with Crippen molar-refractivity contribution in [2.75, 3.05) is 0 Å². The lowest BCUT2D eigenvalue weighted by atomic mass is 9.87. The van der Waals surface area contributed by atoms with Gasteiger partial charge in [0.2, 0.25) is 5.89 Å². The van der Waals surface area contributed by atoms with Gasteiger partial charge in [-0.15, -0.1) is 0 Å². The van der Waals surface area contributed by atoms with Crippen LogP contribution in [-0.4, -0.2) is 16.1 Å². The Labute approximate surface area is 88.3 Å². The molecule has 0 radical (unpaired) electrons. The molecule has 1 saturated carbocycles. The summed E-state index contributed by atoms with van der Waals surface area (Å²) in [7, 11) is 0. The maximum atomic E-state index is 10.5. The van der Waals surface area contributed by atoms with E-state index < -0.39 is 5.97 Å². The topological polar surface area (TPSA) is 63.3 Å². The summed E-state index contributed by atoms with van der Waals surface area (Å²) in [6, 6.07) is 0. The molecule has 0 unspecified atom stereocenters. The summed E-state index contributed by atoms with van der Waals surface area (Å²) in [6.45, 7) is 2.16. The summed E-state index contributed by atoms with van der Waals surface area (Å²) >= 11 is 0. The molecule has 0 bridgehead atoms. The van der Waals surface area contributed by atoms with Crippen molar-refractivity contribution in [3.8, 4) is 0 Å². The second kappa shape index (κ2) is 3.68. The fourth-order valence-electron chi connectivity index (χ4n) is 2.20. The zero-order valence-corrected chi connectivity index (χ0v) is 8.82. The van der Waals surface area contributed by atoms with E-state index in [0.717, 1.165) is 18.6 Å². The normalized spacial score (nSPS) is 19.3. The molecule has 0 saturated heterocycles. The Kier molecular flexibility index (Phi) is 2.50. The number of carbonyl (C=O) groups is 1. The van der Waals surface area contributed by atoms with Crippen LogP contribution in [0.1, 0.15) is 44.3 Å². The zero-order valence-electron chi connectivity index (χ0n) is 8.82. The summed E-state index contributed by atoms with van der Waals surface area (Å²) in [5, 5.41) is 8.61. The zero-order chi connectivity index (χ0) is 10.9. The highest BCUT2D eigenvalue weighted by molar-refractivity contribution is 5.68. The van der Waals surface area contributed by atoms with Crippen molar-refractivity contribution in [3.05, 3.63) is 17.8 Å². The summed E-state index contributed by atoms with van der Waals surface area (Å²) in [4.78, 5) is 14.5. The largest absolute Gasteiger partial charge is 0.481 e. The van der Waals surface area contributed by atoms with Crippen LogP contribution in [0.4, 0.5) is 0 Å². The van der Waals surface area contributed by atoms with E-state index in [4.69, 9.17) is 9.52 Å². The molecule has 4 nitrogen and oxygen atoms in total. The smallest absolute Gasteiger partial charge is 0.312 e. The first-order valence-corrected chi connectivity index (χ1v) is 5.27. The van der Waals surface area contributed by atoms with Crippen LogP contribution in [0.5, 0.6) is 0 Å². The number of aliphatic carboxylic acids is 1. The third-order valence-corrected chi connectivity index (χ3v) is 3.16. The molecule has 0 aromatic carbocycles. The summed E-state index contributed by atoms with van der Waals surface area (Å²) in [5.74, 6) is 0.252. The van der Waals surface area contributed by atoms with Crippen LogP contribution in [0.15, 0.2) is 10.6 Å². The molecule has 1 aromatic rings. The Bertz CT molecular complexity index is 364. The van der Waals surface area contributed by atoms with Gasteiger partial charge in [0.1, 0.15) is 12.2 Å². The van der Waals surface area contributed by atoms with Gasteiger partial charge in [-0.25, -0.2) is 4.98 Å². The Morgan fingerprint density at radius 1 is 1.60 bits per heavy atom. The van der Waals surface area contributed by atoms with Gasteiger partial charge in [-0.05, 0) is 12.8 Å². The number of oxazole rings is 1. The first-order chi connectivity index (χ1) is 7.10. The molecule has 1 aliphatic rings. The molecule has 82 valence electrons. The highest BCUT2D eigenvalue weighted by atomic mass is 16.4. The minimum atomic E-state index is -0.903. The number of carboxylic acid groups (broad SMARTS) is 1. The maximum Gasteiger partial charge on any atom is 0.312 e. The van der Waals surface area contributed by atoms with Crippen LogP contribution in [-0.2, 0) is 16.6 Å². The van der Waals surface area contributed by atoms with Crippen LogP contribution in [0.2, 0.25) is 0 Å². The molecule has 0 amide bonds. The van der Waals surface area contributed by atoms with Gasteiger partial charge in [0.25, 0.3) is 0 Å². The number of nitrogens with zero attached hydrogens (tertiary/aromatic N) is 1. The monoisotopic (exact) mass is 209 g/mol. The minimum absolute atomic E-state index is 0.0732. The van der Waals surface area contributed by atoms with Crippen LogP contribution in [0.3, 0.4) is 0 Å². The first kappa shape index (κ1) is 10.2. The lowest BCUT2D eigenvalue weighted by molar-refractivity contribution is -0.136. The van der Waals surface area contributed by atoms with Crippen molar-refractivity contribution < 1.29 is 14.3 Å². The number of rotatable bonds is 3.